The van der Waals surface area contributed by atoms with Gasteiger partial charge in [-0.2, -0.15) is 0 Å². The van der Waals surface area contributed by atoms with E-state index in [-0.39, 0.29) is 5.82 Å². The molecule has 4 atom stereocenters. The van der Waals surface area contributed by atoms with Gasteiger partial charge >= 0.3 is 0 Å². The van der Waals surface area contributed by atoms with E-state index >= 15 is 0 Å². The average Bonchev–Trinajstić information content (AvgIpc) is 3.02. The highest BCUT2D eigenvalue weighted by atomic mass is 127. The van der Waals surface area contributed by atoms with Crippen LogP contribution >= 0.6 is 22.6 Å². The number of nitrogens with one attached hydrogen (secondary N) is 1. The summed E-state index contributed by atoms with van der Waals surface area (Å²) in [5.74, 6) is -0.291. The summed E-state index contributed by atoms with van der Waals surface area (Å²) in [6.45, 7) is 2.14. The summed E-state index contributed by atoms with van der Waals surface area (Å²) in [6.07, 6.45) is -3.47. The lowest BCUT2D eigenvalue weighted by atomic mass is 10.1. The summed E-state index contributed by atoms with van der Waals surface area (Å²) in [4.78, 5) is 24.2. The van der Waals surface area contributed by atoms with Crippen LogP contribution in [0.3, 0.4) is 0 Å². The number of aliphatic hydroxyl groups is 2. The zero-order chi connectivity index (χ0) is 16.7. The Bertz CT molecular complexity index is 752. The van der Waals surface area contributed by atoms with E-state index in [1.807, 2.05) is 22.6 Å². The van der Waals surface area contributed by atoms with Crippen molar-refractivity contribution in [3.63, 3.8) is 0 Å². The zero-order valence-corrected chi connectivity index (χ0v) is 14.2. The van der Waals surface area contributed by atoms with Crippen LogP contribution in [-0.2, 0) is 9.53 Å². The predicted octanol–water partition coefficient (Wildman–Crippen LogP) is -1.23. The monoisotopic (exact) mass is 434 g/mol. The van der Waals surface area contributed by atoms with Crippen molar-refractivity contribution in [2.24, 2.45) is 0 Å². The van der Waals surface area contributed by atoms with E-state index in [2.05, 4.69) is 20.3 Å². The molecule has 1 aliphatic heterocycles. The van der Waals surface area contributed by atoms with Crippen LogP contribution in [0.2, 0.25) is 0 Å². The van der Waals surface area contributed by atoms with Crippen LogP contribution in [0.5, 0.6) is 0 Å². The Labute approximate surface area is 144 Å². The summed E-state index contributed by atoms with van der Waals surface area (Å²) < 4.78 is 7.38. The van der Waals surface area contributed by atoms with Crippen LogP contribution in [-0.4, -0.2) is 60.5 Å². The van der Waals surface area contributed by atoms with Gasteiger partial charge < -0.3 is 26.0 Å². The first-order valence-corrected chi connectivity index (χ1v) is 7.96. The minimum Gasteiger partial charge on any atom is -0.387 e. The van der Waals surface area contributed by atoms with Crippen LogP contribution in [0.1, 0.15) is 13.2 Å². The molecular formula is C12H15IN6O4. The molecule has 11 heteroatoms. The summed E-state index contributed by atoms with van der Waals surface area (Å²) in [5.41, 5.74) is 6.51. The number of nitrogens with zero attached hydrogens (tertiary/aromatic N) is 4. The summed E-state index contributed by atoms with van der Waals surface area (Å²) in [5, 5.41) is 22.9. The highest BCUT2D eigenvalue weighted by molar-refractivity contribution is 14.1. The molecule has 1 aliphatic rings. The third kappa shape index (κ3) is 2.73. The van der Waals surface area contributed by atoms with E-state index < -0.39 is 30.4 Å². The molecule has 23 heavy (non-hydrogen) atoms. The number of imidazole rings is 1. The number of amides is 1. The Kier molecular flexibility index (Phi) is 4.35. The van der Waals surface area contributed by atoms with Crippen LogP contribution in [0, 0.1) is 3.83 Å². The van der Waals surface area contributed by atoms with E-state index in [4.69, 9.17) is 10.5 Å². The van der Waals surface area contributed by atoms with Gasteiger partial charge in [-0.3, -0.25) is 9.36 Å². The minimum atomic E-state index is -1.36. The van der Waals surface area contributed by atoms with Crippen LogP contribution in [0.15, 0.2) is 6.33 Å². The maximum atomic E-state index is 11.9. The van der Waals surface area contributed by atoms with Crippen LogP contribution in [0.25, 0.3) is 11.2 Å². The van der Waals surface area contributed by atoms with Crippen molar-refractivity contribution in [3.8, 4) is 0 Å². The molecule has 0 unspecified atom stereocenters. The molecule has 5 N–H and O–H groups in total. The Morgan fingerprint density at radius 3 is 2.91 bits per heavy atom. The number of rotatable bonds is 3. The van der Waals surface area contributed by atoms with E-state index in [9.17, 15) is 15.0 Å². The van der Waals surface area contributed by atoms with Gasteiger partial charge in [-0.15, -0.1) is 0 Å². The number of nitrogens with two attached hydrogens (primary N) is 1. The maximum absolute atomic E-state index is 11.9. The first kappa shape index (κ1) is 16.3. The first-order valence-electron chi connectivity index (χ1n) is 6.89. The van der Waals surface area contributed by atoms with E-state index in [0.717, 1.165) is 0 Å². The number of hydrogen-bond donors (Lipinski definition) is 4. The fourth-order valence-corrected chi connectivity index (χ4v) is 2.97. The summed E-state index contributed by atoms with van der Waals surface area (Å²) >= 11 is 1.91. The quantitative estimate of drug-likeness (QED) is 0.347. The summed E-state index contributed by atoms with van der Waals surface area (Å²) in [6, 6.07) is 0. The van der Waals surface area contributed by atoms with Crippen molar-refractivity contribution in [1.82, 2.24) is 24.8 Å². The molecule has 1 amide bonds. The lowest BCUT2D eigenvalue weighted by molar-refractivity contribution is -0.137. The van der Waals surface area contributed by atoms with Crippen molar-refractivity contribution >= 4 is 45.5 Å². The normalized spacial score (nSPS) is 27.5. The number of fused-ring (bicyclic) bond motifs is 1. The maximum Gasteiger partial charge on any atom is 0.252 e. The lowest BCUT2D eigenvalue weighted by Crippen LogP contribution is -2.42. The molecule has 0 aromatic carbocycles. The number of anilines is 1. The number of aliphatic hydroxyl groups excluding tert-OH is 2. The van der Waals surface area contributed by atoms with E-state index in [0.29, 0.717) is 21.5 Å². The molecule has 0 spiro atoms. The molecule has 10 nitrogen and oxygen atoms in total. The van der Waals surface area contributed by atoms with Crippen molar-refractivity contribution in [2.45, 2.75) is 31.5 Å². The predicted molar refractivity (Wildman–Crippen MR) is 87.1 cm³/mol. The lowest BCUT2D eigenvalue weighted by Gasteiger charge is -2.16. The number of hydrogen-bond acceptors (Lipinski definition) is 8. The molecule has 1 saturated heterocycles. The second-order valence-corrected chi connectivity index (χ2v) is 5.99. The van der Waals surface area contributed by atoms with Gasteiger partial charge in [0.25, 0.3) is 5.91 Å². The van der Waals surface area contributed by atoms with Gasteiger partial charge in [0.15, 0.2) is 27.6 Å². The largest absolute Gasteiger partial charge is 0.387 e. The molecule has 3 rings (SSSR count). The van der Waals surface area contributed by atoms with Crippen LogP contribution < -0.4 is 11.1 Å². The standard InChI is InChI=1S/C12H15IN6O4/c1-2-15-10(22)7-5(20)6(21)11(23-7)19-3-16-4-8(14)17-12(13)18-9(4)19/h3,5-7,11,20-21H,2H2,1H3,(H,15,22)(H2,14,17,18)/t5-,6-,7+,11-/m1/s1. The fourth-order valence-electron chi connectivity index (χ4n) is 2.48. The Hall–Kier alpha value is -1.57. The zero-order valence-electron chi connectivity index (χ0n) is 12.0. The number of carbonyl (C=O) groups is 1. The molecule has 0 bridgehead atoms. The van der Waals surface area contributed by atoms with Gasteiger partial charge in [0, 0.05) is 29.1 Å². The van der Waals surface area contributed by atoms with Crippen molar-refractivity contribution in [3.05, 3.63) is 10.2 Å². The number of halogens is 1. The Balaban J connectivity index is 1.98. The minimum absolute atomic E-state index is 0.200. The highest BCUT2D eigenvalue weighted by Crippen LogP contribution is 2.32. The third-order valence-electron chi connectivity index (χ3n) is 3.54. The van der Waals surface area contributed by atoms with Gasteiger partial charge in [0.05, 0.1) is 6.33 Å². The molecule has 0 aliphatic carbocycles. The van der Waals surface area contributed by atoms with Crippen LogP contribution in [0.4, 0.5) is 5.82 Å². The number of ether oxygens (including phenoxy) is 1. The number of carbonyl (C=O) groups excluding carboxylic acids is 1. The molecular weight excluding hydrogens is 419 g/mol. The molecule has 3 heterocycles. The number of aromatic nitrogens is 4. The Morgan fingerprint density at radius 2 is 2.22 bits per heavy atom. The molecule has 2 aromatic heterocycles. The Morgan fingerprint density at radius 1 is 1.48 bits per heavy atom. The summed E-state index contributed by atoms with van der Waals surface area (Å²) in [7, 11) is 0. The topological polar surface area (TPSA) is 148 Å². The van der Waals surface area contributed by atoms with Gasteiger partial charge in [-0.25, -0.2) is 15.0 Å². The fraction of sp³-hybridized carbons (Fsp3) is 0.500. The van der Waals surface area contributed by atoms with Crippen molar-refractivity contribution in [2.75, 3.05) is 12.3 Å². The van der Waals surface area contributed by atoms with Gasteiger partial charge in [0.1, 0.15) is 17.7 Å². The highest BCUT2D eigenvalue weighted by Gasteiger charge is 2.47. The van der Waals surface area contributed by atoms with Gasteiger partial charge in [0.2, 0.25) is 0 Å². The molecule has 0 radical (unpaired) electrons. The molecule has 2 aromatic rings. The number of nitrogen functional groups attached to an aromatic ring is 1. The smallest absolute Gasteiger partial charge is 0.252 e. The van der Waals surface area contributed by atoms with E-state index in [1.165, 1.54) is 10.9 Å². The SMILES string of the molecule is CCNC(=O)[C@H]1O[C@@H](n2cnc3c(N)nc(I)nc32)[C@H](O)[C@H]1O. The second kappa shape index (κ2) is 6.14. The number of likely N-dealkylation sites (N-methyl/N-ethyl adjacent to an activating group) is 1. The first-order chi connectivity index (χ1) is 10.9. The second-order valence-electron chi connectivity index (χ2n) is 5.02. The van der Waals surface area contributed by atoms with E-state index in [1.54, 1.807) is 6.92 Å². The molecule has 0 saturated carbocycles. The van der Waals surface area contributed by atoms with Crippen molar-refractivity contribution < 1.29 is 19.7 Å². The van der Waals surface area contributed by atoms with Crippen molar-refractivity contribution in [1.29, 1.82) is 0 Å². The van der Waals surface area contributed by atoms with Gasteiger partial charge in [-0.1, -0.05) is 0 Å². The average molecular weight is 434 g/mol. The third-order valence-corrected chi connectivity index (χ3v) is 4.03. The molecule has 124 valence electrons. The molecule has 1 fully saturated rings. The van der Waals surface area contributed by atoms with Gasteiger partial charge in [-0.05, 0) is 6.92 Å².